The number of halogens is 1. The summed E-state index contributed by atoms with van der Waals surface area (Å²) in [5.41, 5.74) is 1.90. The fourth-order valence-electron chi connectivity index (χ4n) is 2.50. The molecule has 0 saturated heterocycles. The summed E-state index contributed by atoms with van der Waals surface area (Å²) in [6.07, 6.45) is 3.33. The second-order valence-corrected chi connectivity index (χ2v) is 6.29. The second-order valence-electron chi connectivity index (χ2n) is 5.85. The Morgan fingerprint density at radius 2 is 1.88 bits per heavy atom. The van der Waals surface area contributed by atoms with Crippen molar-refractivity contribution in [2.24, 2.45) is 0 Å². The highest BCUT2D eigenvalue weighted by Gasteiger charge is 2.15. The fourth-order valence-corrected chi connectivity index (χ4v) is 2.63. The summed E-state index contributed by atoms with van der Waals surface area (Å²) in [5, 5.41) is 0.680. The molecule has 0 aliphatic carbocycles. The molecule has 26 heavy (non-hydrogen) atoms. The first-order chi connectivity index (χ1) is 12.5. The van der Waals surface area contributed by atoms with Crippen LogP contribution in [0.25, 0.3) is 6.08 Å². The van der Waals surface area contributed by atoms with E-state index in [2.05, 4.69) is 0 Å². The van der Waals surface area contributed by atoms with Crippen LogP contribution in [0.4, 0.5) is 0 Å². The molecule has 5 heteroatoms. The molecule has 0 aromatic heterocycles. The molecule has 0 heterocycles. The van der Waals surface area contributed by atoms with Crippen molar-refractivity contribution in [1.82, 2.24) is 4.90 Å². The van der Waals surface area contributed by atoms with Gasteiger partial charge in [-0.2, -0.15) is 0 Å². The molecule has 0 saturated carbocycles. The van der Waals surface area contributed by atoms with E-state index in [-0.39, 0.29) is 11.9 Å². The van der Waals surface area contributed by atoms with Crippen LogP contribution in [0, 0.1) is 0 Å². The zero-order valence-corrected chi connectivity index (χ0v) is 16.3. The van der Waals surface area contributed by atoms with Gasteiger partial charge in [-0.05, 0) is 55.3 Å². The van der Waals surface area contributed by atoms with E-state index in [1.165, 1.54) is 0 Å². The highest BCUT2D eigenvalue weighted by atomic mass is 35.5. The van der Waals surface area contributed by atoms with Gasteiger partial charge in [-0.1, -0.05) is 29.8 Å². The molecule has 2 rings (SSSR count). The van der Waals surface area contributed by atoms with Gasteiger partial charge < -0.3 is 14.4 Å². The van der Waals surface area contributed by atoms with Crippen LogP contribution >= 0.6 is 11.6 Å². The number of methoxy groups -OCH3 is 1. The third-order valence-corrected chi connectivity index (χ3v) is 4.44. The lowest BCUT2D eigenvalue weighted by Gasteiger charge is -2.24. The Morgan fingerprint density at radius 1 is 1.19 bits per heavy atom. The Balaban J connectivity index is 2.09. The van der Waals surface area contributed by atoms with E-state index < -0.39 is 0 Å². The van der Waals surface area contributed by atoms with E-state index in [9.17, 15) is 4.79 Å². The van der Waals surface area contributed by atoms with Gasteiger partial charge >= 0.3 is 0 Å². The predicted octanol–water partition coefficient (Wildman–Crippen LogP) is 4.98. The Bertz CT molecular complexity index is 771. The summed E-state index contributed by atoms with van der Waals surface area (Å²) in [7, 11) is 3.38. The standard InChI is InChI=1S/C21H24ClNO3/c1-5-26-19-12-6-16(14-20(19)25-4)7-13-21(24)23(3)15(2)17-8-10-18(22)11-9-17/h6-15H,5H2,1-4H3/b13-7+. The van der Waals surface area contributed by atoms with Crippen molar-refractivity contribution < 1.29 is 14.3 Å². The highest BCUT2D eigenvalue weighted by Crippen LogP contribution is 2.28. The quantitative estimate of drug-likeness (QED) is 0.642. The van der Waals surface area contributed by atoms with Gasteiger partial charge in [-0.25, -0.2) is 0 Å². The molecule has 4 nitrogen and oxygen atoms in total. The molecule has 0 aliphatic heterocycles. The zero-order valence-electron chi connectivity index (χ0n) is 15.5. The van der Waals surface area contributed by atoms with E-state index in [0.29, 0.717) is 23.1 Å². The van der Waals surface area contributed by atoms with Gasteiger partial charge in [0.2, 0.25) is 5.91 Å². The van der Waals surface area contributed by atoms with Crippen LogP contribution in [0.2, 0.25) is 5.02 Å². The minimum absolute atomic E-state index is 0.0562. The maximum atomic E-state index is 12.5. The number of carbonyl (C=O) groups excluding carboxylic acids is 1. The highest BCUT2D eigenvalue weighted by molar-refractivity contribution is 6.30. The molecule has 0 aliphatic rings. The Hall–Kier alpha value is -2.46. The van der Waals surface area contributed by atoms with Gasteiger partial charge in [-0.3, -0.25) is 4.79 Å². The molecule has 1 unspecified atom stereocenters. The maximum absolute atomic E-state index is 12.5. The number of hydrogen-bond acceptors (Lipinski definition) is 3. The number of likely N-dealkylation sites (N-methyl/N-ethyl adjacent to an activating group) is 1. The zero-order chi connectivity index (χ0) is 19.1. The third kappa shape index (κ3) is 5.02. The SMILES string of the molecule is CCOc1ccc(/C=C/C(=O)N(C)C(C)c2ccc(Cl)cc2)cc1OC. The van der Waals surface area contributed by atoms with Gasteiger partial charge in [0.25, 0.3) is 0 Å². The van der Waals surface area contributed by atoms with E-state index in [1.807, 2.05) is 56.3 Å². The first-order valence-electron chi connectivity index (χ1n) is 8.47. The first-order valence-corrected chi connectivity index (χ1v) is 8.85. The number of benzene rings is 2. The van der Waals surface area contributed by atoms with Crippen molar-refractivity contribution >= 4 is 23.6 Å². The van der Waals surface area contributed by atoms with Crippen LogP contribution in [0.1, 0.15) is 31.0 Å². The number of hydrogen-bond donors (Lipinski definition) is 0. The van der Waals surface area contributed by atoms with E-state index in [0.717, 1.165) is 11.1 Å². The summed E-state index contributed by atoms with van der Waals surface area (Å²) >= 11 is 5.92. The molecule has 0 bridgehead atoms. The normalized spacial score (nSPS) is 12.0. The van der Waals surface area contributed by atoms with Crippen molar-refractivity contribution in [3.05, 3.63) is 64.7 Å². The van der Waals surface area contributed by atoms with Crippen molar-refractivity contribution in [3.63, 3.8) is 0 Å². The summed E-state index contributed by atoms with van der Waals surface area (Å²) in [6.45, 7) is 4.47. The minimum atomic E-state index is -0.0831. The number of carbonyl (C=O) groups is 1. The van der Waals surface area contributed by atoms with E-state index in [1.54, 1.807) is 31.2 Å². The maximum Gasteiger partial charge on any atom is 0.246 e. The Labute approximate surface area is 160 Å². The summed E-state index contributed by atoms with van der Waals surface area (Å²) < 4.78 is 10.8. The van der Waals surface area contributed by atoms with Crippen molar-refractivity contribution in [3.8, 4) is 11.5 Å². The molecule has 138 valence electrons. The van der Waals surface area contributed by atoms with Gasteiger partial charge in [0.15, 0.2) is 11.5 Å². The van der Waals surface area contributed by atoms with Gasteiger partial charge in [0.1, 0.15) is 0 Å². The average molecular weight is 374 g/mol. The Morgan fingerprint density at radius 3 is 2.50 bits per heavy atom. The largest absolute Gasteiger partial charge is 0.493 e. The predicted molar refractivity (Wildman–Crippen MR) is 106 cm³/mol. The Kier molecular flexibility index (Phi) is 7.10. The lowest BCUT2D eigenvalue weighted by Crippen LogP contribution is -2.27. The molecule has 2 aromatic carbocycles. The smallest absolute Gasteiger partial charge is 0.246 e. The van der Waals surface area contributed by atoms with Crippen molar-refractivity contribution in [1.29, 1.82) is 0 Å². The lowest BCUT2D eigenvalue weighted by atomic mass is 10.1. The third-order valence-electron chi connectivity index (χ3n) is 4.19. The number of ether oxygens (including phenoxy) is 2. The molecule has 0 N–H and O–H groups in total. The molecule has 0 radical (unpaired) electrons. The number of rotatable bonds is 7. The van der Waals surface area contributed by atoms with Crippen LogP contribution in [0.3, 0.4) is 0 Å². The topological polar surface area (TPSA) is 38.8 Å². The van der Waals surface area contributed by atoms with Gasteiger partial charge in [0, 0.05) is 18.1 Å². The fraction of sp³-hybridized carbons (Fsp3) is 0.286. The molecule has 0 spiro atoms. The van der Waals surface area contributed by atoms with Gasteiger partial charge in [-0.15, -0.1) is 0 Å². The lowest BCUT2D eigenvalue weighted by molar-refractivity contribution is -0.126. The molecule has 1 amide bonds. The number of nitrogens with zero attached hydrogens (tertiary/aromatic N) is 1. The number of amides is 1. The van der Waals surface area contributed by atoms with Crippen LogP contribution in [-0.2, 0) is 4.79 Å². The van der Waals surface area contributed by atoms with Crippen molar-refractivity contribution in [2.45, 2.75) is 19.9 Å². The summed E-state index contributed by atoms with van der Waals surface area (Å²) in [4.78, 5) is 14.2. The van der Waals surface area contributed by atoms with Crippen molar-refractivity contribution in [2.75, 3.05) is 20.8 Å². The van der Waals surface area contributed by atoms with Gasteiger partial charge in [0.05, 0.1) is 19.8 Å². The monoisotopic (exact) mass is 373 g/mol. The van der Waals surface area contributed by atoms with E-state index in [4.69, 9.17) is 21.1 Å². The average Bonchev–Trinajstić information content (AvgIpc) is 2.66. The van der Waals surface area contributed by atoms with Crippen LogP contribution in [0.5, 0.6) is 11.5 Å². The van der Waals surface area contributed by atoms with Crippen LogP contribution in [-0.4, -0.2) is 31.6 Å². The minimum Gasteiger partial charge on any atom is -0.493 e. The molecular formula is C21H24ClNO3. The molecule has 2 aromatic rings. The molecule has 0 fully saturated rings. The van der Waals surface area contributed by atoms with Crippen LogP contribution in [0.15, 0.2) is 48.5 Å². The van der Waals surface area contributed by atoms with Crippen LogP contribution < -0.4 is 9.47 Å². The molecular weight excluding hydrogens is 350 g/mol. The summed E-state index contributed by atoms with van der Waals surface area (Å²) in [5.74, 6) is 1.25. The summed E-state index contributed by atoms with van der Waals surface area (Å²) in [6, 6.07) is 13.0. The van der Waals surface area contributed by atoms with E-state index >= 15 is 0 Å². The second kappa shape index (κ2) is 9.30. The molecule has 1 atom stereocenters. The first kappa shape index (κ1) is 19.9.